The first kappa shape index (κ1) is 13.8. The van der Waals surface area contributed by atoms with Crippen molar-refractivity contribution in [3.8, 4) is 0 Å². The fraction of sp³-hybridized carbons (Fsp3) is 0.867. The van der Waals surface area contributed by atoms with Crippen molar-refractivity contribution < 1.29 is 4.74 Å². The smallest absolute Gasteiger partial charge is 0.0618 e. The molecule has 0 amide bonds. The molecule has 0 saturated carbocycles. The Morgan fingerprint density at radius 2 is 2.00 bits per heavy atom. The van der Waals surface area contributed by atoms with Gasteiger partial charge in [-0.2, -0.15) is 0 Å². The van der Waals surface area contributed by atoms with E-state index in [4.69, 9.17) is 4.74 Å². The summed E-state index contributed by atoms with van der Waals surface area (Å²) in [7, 11) is 0. The highest BCUT2D eigenvalue weighted by atomic mass is 16.5. The zero-order chi connectivity index (χ0) is 12.3. The number of ether oxygens (including phenoxy) is 1. The van der Waals surface area contributed by atoms with Crippen LogP contribution in [0, 0.1) is 11.3 Å². The van der Waals surface area contributed by atoms with E-state index in [0.29, 0.717) is 17.6 Å². The van der Waals surface area contributed by atoms with Crippen molar-refractivity contribution in [1.29, 1.82) is 0 Å². The van der Waals surface area contributed by atoms with Gasteiger partial charge >= 0.3 is 0 Å². The summed E-state index contributed by atoms with van der Waals surface area (Å²) >= 11 is 0. The first-order valence-electron chi connectivity index (χ1n) is 6.58. The van der Waals surface area contributed by atoms with Crippen molar-refractivity contribution in [1.82, 2.24) is 0 Å². The topological polar surface area (TPSA) is 9.23 Å². The Morgan fingerprint density at radius 3 is 2.50 bits per heavy atom. The third kappa shape index (κ3) is 5.16. The molecule has 1 aliphatic rings. The van der Waals surface area contributed by atoms with Crippen molar-refractivity contribution in [2.45, 2.75) is 72.5 Å². The van der Waals surface area contributed by atoms with Crippen LogP contribution in [0.3, 0.4) is 0 Å². The summed E-state index contributed by atoms with van der Waals surface area (Å²) in [4.78, 5) is 0. The molecule has 0 bridgehead atoms. The van der Waals surface area contributed by atoms with E-state index in [0.717, 1.165) is 18.8 Å². The van der Waals surface area contributed by atoms with Gasteiger partial charge in [-0.05, 0) is 43.9 Å². The van der Waals surface area contributed by atoms with E-state index in [-0.39, 0.29) is 0 Å². The summed E-state index contributed by atoms with van der Waals surface area (Å²) < 4.78 is 5.98. The molecule has 0 radical (unpaired) electrons. The molecule has 1 fully saturated rings. The van der Waals surface area contributed by atoms with Crippen LogP contribution in [0.5, 0.6) is 0 Å². The summed E-state index contributed by atoms with van der Waals surface area (Å²) in [5.41, 5.74) is 1.79. The van der Waals surface area contributed by atoms with Crippen molar-refractivity contribution in [3.63, 3.8) is 0 Å². The summed E-state index contributed by atoms with van der Waals surface area (Å²) in [6, 6.07) is 0. The molecule has 0 spiro atoms. The van der Waals surface area contributed by atoms with Gasteiger partial charge in [0.2, 0.25) is 0 Å². The van der Waals surface area contributed by atoms with Crippen LogP contribution in [0.4, 0.5) is 0 Å². The highest BCUT2D eigenvalue weighted by Gasteiger charge is 2.25. The average Bonchev–Trinajstić information content (AvgIpc) is 1.96. The molecule has 1 heterocycles. The van der Waals surface area contributed by atoms with Crippen LogP contribution in [0.15, 0.2) is 12.2 Å². The Hall–Kier alpha value is -0.300. The van der Waals surface area contributed by atoms with Gasteiger partial charge < -0.3 is 4.74 Å². The van der Waals surface area contributed by atoms with Gasteiger partial charge in [-0.1, -0.05) is 39.8 Å². The molecular weight excluding hydrogens is 196 g/mol. The van der Waals surface area contributed by atoms with Crippen LogP contribution in [0.1, 0.15) is 60.3 Å². The lowest BCUT2D eigenvalue weighted by Gasteiger charge is -2.32. The normalized spacial score (nSPS) is 29.2. The van der Waals surface area contributed by atoms with Gasteiger partial charge in [-0.3, -0.25) is 0 Å². The highest BCUT2D eigenvalue weighted by molar-refractivity contribution is 5.01. The lowest BCUT2D eigenvalue weighted by Crippen LogP contribution is -2.29. The van der Waals surface area contributed by atoms with Crippen molar-refractivity contribution in [2.75, 3.05) is 0 Å². The van der Waals surface area contributed by atoms with Gasteiger partial charge in [0.05, 0.1) is 12.2 Å². The predicted octanol–water partition coefficient (Wildman–Crippen LogP) is 4.57. The van der Waals surface area contributed by atoms with E-state index in [2.05, 4.69) is 41.2 Å². The second kappa shape index (κ2) is 5.35. The number of rotatable bonds is 3. The van der Waals surface area contributed by atoms with Crippen molar-refractivity contribution >= 4 is 0 Å². The van der Waals surface area contributed by atoms with Crippen molar-refractivity contribution in [2.24, 2.45) is 11.3 Å². The lowest BCUT2D eigenvalue weighted by molar-refractivity contribution is -0.0333. The summed E-state index contributed by atoms with van der Waals surface area (Å²) in [6.45, 7) is 15.6. The van der Waals surface area contributed by atoms with Gasteiger partial charge in [-0.25, -0.2) is 0 Å². The molecule has 1 heteroatoms. The number of hydrogen-bond acceptors (Lipinski definition) is 1. The van der Waals surface area contributed by atoms with E-state index in [1.165, 1.54) is 18.4 Å². The predicted molar refractivity (Wildman–Crippen MR) is 70.6 cm³/mol. The third-order valence-electron chi connectivity index (χ3n) is 3.14. The molecule has 1 rings (SSSR count). The van der Waals surface area contributed by atoms with E-state index in [1.807, 2.05) is 0 Å². The molecule has 0 unspecified atom stereocenters. The molecule has 0 aromatic heterocycles. The van der Waals surface area contributed by atoms with E-state index >= 15 is 0 Å². The van der Waals surface area contributed by atoms with Crippen LogP contribution in [-0.4, -0.2) is 12.2 Å². The fourth-order valence-electron chi connectivity index (χ4n) is 2.95. The first-order valence-corrected chi connectivity index (χ1v) is 6.58. The zero-order valence-electron chi connectivity index (χ0n) is 11.7. The molecular formula is C15H28O. The second-order valence-corrected chi connectivity index (χ2v) is 6.83. The molecule has 94 valence electrons. The first-order chi connectivity index (χ1) is 7.26. The Balaban J connectivity index is 2.38. The maximum atomic E-state index is 5.98. The van der Waals surface area contributed by atoms with Crippen LogP contribution in [0.2, 0.25) is 0 Å². The monoisotopic (exact) mass is 224 g/mol. The Kier molecular flexibility index (Phi) is 4.61. The third-order valence-corrected chi connectivity index (χ3v) is 3.14. The Bertz CT molecular complexity index is 236. The molecule has 1 saturated heterocycles. The summed E-state index contributed by atoms with van der Waals surface area (Å²) in [5.74, 6) is 0.739. The molecule has 16 heavy (non-hydrogen) atoms. The number of hydrogen-bond donors (Lipinski definition) is 0. The van der Waals surface area contributed by atoms with Gasteiger partial charge in [0.1, 0.15) is 0 Å². The summed E-state index contributed by atoms with van der Waals surface area (Å²) in [6.07, 6.45) is 5.35. The Morgan fingerprint density at radius 1 is 1.38 bits per heavy atom. The maximum Gasteiger partial charge on any atom is 0.0618 e. The zero-order valence-corrected chi connectivity index (χ0v) is 11.7. The van der Waals surface area contributed by atoms with Gasteiger partial charge in [0, 0.05) is 0 Å². The highest BCUT2D eigenvalue weighted by Crippen LogP contribution is 2.31. The van der Waals surface area contributed by atoms with E-state index in [1.54, 1.807) is 0 Å². The largest absolute Gasteiger partial charge is 0.375 e. The minimum Gasteiger partial charge on any atom is -0.375 e. The summed E-state index contributed by atoms with van der Waals surface area (Å²) in [5, 5.41) is 0. The van der Waals surface area contributed by atoms with Crippen LogP contribution >= 0.6 is 0 Å². The van der Waals surface area contributed by atoms with E-state index < -0.39 is 0 Å². The maximum absolute atomic E-state index is 5.98. The molecule has 3 atom stereocenters. The van der Waals surface area contributed by atoms with Crippen LogP contribution in [0.25, 0.3) is 0 Å². The molecule has 1 aliphatic heterocycles. The SMILES string of the molecule is C=C1C[C@@H](C[C@H](C)CC(C)(C)C)O[C@@H](C)C1. The second-order valence-electron chi connectivity index (χ2n) is 6.83. The minimum absolute atomic E-state index is 0.369. The van der Waals surface area contributed by atoms with Gasteiger partial charge in [0.15, 0.2) is 0 Å². The average molecular weight is 224 g/mol. The van der Waals surface area contributed by atoms with Gasteiger partial charge in [0.25, 0.3) is 0 Å². The minimum atomic E-state index is 0.369. The molecule has 0 aromatic rings. The van der Waals surface area contributed by atoms with Crippen LogP contribution < -0.4 is 0 Å². The standard InChI is InChI=1S/C15H28O/c1-11-7-13(3)16-14(8-11)9-12(2)10-15(4,5)6/h12-14H,1,7-10H2,2-6H3/t12-,13-,14-/m0/s1. The quantitative estimate of drug-likeness (QED) is 0.638. The molecule has 0 aliphatic carbocycles. The fourth-order valence-corrected chi connectivity index (χ4v) is 2.95. The van der Waals surface area contributed by atoms with Crippen LogP contribution in [-0.2, 0) is 4.74 Å². The lowest BCUT2D eigenvalue weighted by atomic mass is 9.82. The van der Waals surface area contributed by atoms with E-state index in [9.17, 15) is 0 Å². The molecule has 0 N–H and O–H groups in total. The van der Waals surface area contributed by atoms with Crippen molar-refractivity contribution in [3.05, 3.63) is 12.2 Å². The molecule has 1 nitrogen and oxygen atoms in total. The Labute approximate surface area is 101 Å². The van der Waals surface area contributed by atoms with Gasteiger partial charge in [-0.15, -0.1) is 0 Å². The molecule has 0 aromatic carbocycles.